The molecule has 90 heavy (non-hydrogen) atoms. The highest BCUT2D eigenvalue weighted by Crippen LogP contribution is 2.24. The van der Waals surface area contributed by atoms with E-state index in [1.54, 1.807) is 0 Å². The van der Waals surface area contributed by atoms with Crippen molar-refractivity contribution in [2.24, 2.45) is 5.41 Å². The highest BCUT2D eigenvalue weighted by molar-refractivity contribution is 5.98. The molecule has 4 rings (SSSR count). The van der Waals surface area contributed by atoms with Crippen LogP contribution in [0.4, 0.5) is 22.7 Å². The zero-order chi connectivity index (χ0) is 66.0. The third-order valence-corrected chi connectivity index (χ3v) is 11.9. The quantitative estimate of drug-likeness (QED) is 0.0183. The molecule has 33 heteroatoms. The number of rotatable bonds is 43. The first kappa shape index (κ1) is 70.8. The second kappa shape index (κ2) is 37.0. The van der Waals surface area contributed by atoms with Gasteiger partial charge in [0.15, 0.2) is 52.5 Å². The van der Waals surface area contributed by atoms with Gasteiger partial charge in [-0.1, -0.05) is 0 Å². The minimum atomic E-state index is -2.16. The van der Waals surface area contributed by atoms with Crippen molar-refractivity contribution in [3.8, 4) is 0 Å². The molecule has 4 aromatic rings. The monoisotopic (exact) mass is 1260 g/mol. The number of hydrogen-bond acceptors (Lipinski definition) is 30. The van der Waals surface area contributed by atoms with E-state index in [9.17, 15) is 82.1 Å². The smallest absolute Gasteiger partial charge is 0.344 e. The number of likely N-dealkylation sites (N-methyl/N-ethyl adjacent to an activating group) is 1. The van der Waals surface area contributed by atoms with Gasteiger partial charge in [-0.2, -0.15) is 0 Å². The summed E-state index contributed by atoms with van der Waals surface area (Å²) in [5.74, 6) is -12.7. The predicted molar refractivity (Wildman–Crippen MR) is 298 cm³/mol. The molecule has 0 fully saturated rings. The summed E-state index contributed by atoms with van der Waals surface area (Å²) in [6.07, 6.45) is -1.12. The number of carbonyl (C=O) groups is 15. The maximum absolute atomic E-state index is 13.4. The number of anilines is 4. The number of carboxylic acid groups (broad SMARTS) is 3. The molecule has 33 nitrogen and oxygen atoms in total. The molecule has 0 amide bonds. The number of benzene rings is 4. The molecular formula is C57H58N4O29. The first-order valence-corrected chi connectivity index (χ1v) is 26.0. The Kier molecular flexibility index (Phi) is 29.1. The molecular weight excluding hydrogens is 1200 g/mol. The second-order valence-electron chi connectivity index (χ2n) is 18.5. The van der Waals surface area contributed by atoms with Gasteiger partial charge in [0.2, 0.25) is 0 Å². The molecule has 0 aliphatic heterocycles. The molecule has 0 aliphatic rings. The number of carboxylic acids is 3. The van der Waals surface area contributed by atoms with Gasteiger partial charge in [0.25, 0.3) is 25.9 Å². The van der Waals surface area contributed by atoms with Crippen molar-refractivity contribution in [2.45, 2.75) is 12.8 Å². The van der Waals surface area contributed by atoms with Crippen LogP contribution in [0.2, 0.25) is 0 Å². The van der Waals surface area contributed by atoms with Crippen molar-refractivity contribution in [3.05, 3.63) is 119 Å². The molecule has 0 heterocycles. The molecule has 480 valence electrons. The van der Waals surface area contributed by atoms with E-state index in [1.165, 1.54) is 107 Å². The molecule has 4 aromatic carbocycles. The summed E-state index contributed by atoms with van der Waals surface area (Å²) in [4.78, 5) is 188. The number of nitrogens with zero attached hydrogens (tertiary/aromatic N) is 4. The van der Waals surface area contributed by atoms with Crippen LogP contribution in [0.1, 0.15) is 54.3 Å². The van der Waals surface area contributed by atoms with E-state index in [0.717, 1.165) is 17.0 Å². The van der Waals surface area contributed by atoms with Gasteiger partial charge >= 0.3 is 59.7 Å². The van der Waals surface area contributed by atoms with E-state index < -0.39 is 143 Å². The van der Waals surface area contributed by atoms with Crippen LogP contribution in [0, 0.1) is 5.41 Å². The van der Waals surface area contributed by atoms with E-state index in [1.807, 2.05) is 0 Å². The fourth-order valence-corrected chi connectivity index (χ4v) is 7.41. The lowest BCUT2D eigenvalue weighted by atomic mass is 9.92. The first-order valence-electron chi connectivity index (χ1n) is 26.0. The minimum absolute atomic E-state index is 0.0811. The van der Waals surface area contributed by atoms with Crippen molar-refractivity contribution in [1.82, 2.24) is 0 Å². The van der Waals surface area contributed by atoms with E-state index in [4.69, 9.17) is 57.2 Å². The Morgan fingerprint density at radius 1 is 0.367 bits per heavy atom. The SMILES string of the molecule is CN(CC(=O)O)c1ccc(C(=O)OCC(=O)OCC(COC(=O)CCC(=O)c2ccc(N(COC=O)COC=O)cc2)(COC(=O)COC(=O)c2ccc(N(COC=O)COC=O)cc2)COC(=O)COC(=O)c2ccc(N(CC(=O)O)CC(=O)O)cc2)cc1. The number of carbonyl (C=O) groups excluding carboxylic acids is 12. The van der Waals surface area contributed by atoms with Crippen LogP contribution in [0.25, 0.3) is 0 Å². The van der Waals surface area contributed by atoms with E-state index in [2.05, 4.69) is 0 Å². The largest absolute Gasteiger partial charge is 0.480 e. The summed E-state index contributed by atoms with van der Waals surface area (Å²) in [6, 6.07) is 20.9. The third-order valence-electron chi connectivity index (χ3n) is 11.9. The minimum Gasteiger partial charge on any atom is -0.480 e. The Balaban J connectivity index is 1.58. The zero-order valence-corrected chi connectivity index (χ0v) is 47.6. The number of ketones is 1. The summed E-state index contributed by atoms with van der Waals surface area (Å²) >= 11 is 0. The number of ether oxygens (including phenoxy) is 11. The summed E-state index contributed by atoms with van der Waals surface area (Å²) in [5, 5.41) is 27.6. The van der Waals surface area contributed by atoms with E-state index in [-0.39, 0.29) is 87.3 Å². The molecule has 0 bridgehead atoms. The van der Waals surface area contributed by atoms with Crippen LogP contribution in [0.3, 0.4) is 0 Å². The highest BCUT2D eigenvalue weighted by atomic mass is 16.6. The number of hydrogen-bond donors (Lipinski definition) is 3. The predicted octanol–water partition coefficient (Wildman–Crippen LogP) is 1.01. The van der Waals surface area contributed by atoms with Crippen molar-refractivity contribution in [2.75, 3.05) is 119 Å². The Morgan fingerprint density at radius 3 is 0.967 bits per heavy atom. The summed E-state index contributed by atoms with van der Waals surface area (Å²) < 4.78 is 55.9. The highest BCUT2D eigenvalue weighted by Gasteiger charge is 2.39. The summed E-state index contributed by atoms with van der Waals surface area (Å²) in [5.41, 5.74) is -1.31. The van der Waals surface area contributed by atoms with Gasteiger partial charge < -0.3 is 87.0 Å². The first-order chi connectivity index (χ1) is 43.1. The normalized spacial score (nSPS) is 11.0. The van der Waals surface area contributed by atoms with Gasteiger partial charge in [-0.3, -0.25) is 43.2 Å². The molecule has 0 aliphatic carbocycles. The van der Waals surface area contributed by atoms with Crippen LogP contribution in [-0.4, -0.2) is 207 Å². The average Bonchev–Trinajstić information content (AvgIpc) is 1.57. The number of Topliss-reactive ketones (excluding diaryl/α,β-unsaturated/α-hetero) is 1. The number of aliphatic carboxylic acids is 3. The lowest BCUT2D eigenvalue weighted by Crippen LogP contribution is -2.44. The Morgan fingerprint density at radius 2 is 0.656 bits per heavy atom. The second-order valence-corrected chi connectivity index (χ2v) is 18.5. The maximum atomic E-state index is 13.4. The lowest BCUT2D eigenvalue weighted by molar-refractivity contribution is -0.174. The maximum Gasteiger partial charge on any atom is 0.344 e. The van der Waals surface area contributed by atoms with Gasteiger partial charge in [0.05, 0.1) is 23.1 Å². The fraction of sp³-hybridized carbons (Fsp3) is 0.316. The molecule has 0 saturated heterocycles. The third kappa shape index (κ3) is 24.7. The Bertz CT molecular complexity index is 3010. The average molecular weight is 1260 g/mol. The standard InChI is InChI=1S/C57H58N4O29/c1-58(20-47(67)68)42-10-4-39(5-11-42)54(77)84-23-51(74)88-27-57(26-87-50(73)19-18-46(66)38-2-12-44(13-3-38)60(30-80-34-62)31-81-35-63,28-89-52(75)24-85-55(78)40-6-14-43(15-7-40)59(21-48(69)70)22-49(71)72)29-90-53(76)25-86-56(79)41-8-16-45(17-9-41)61(32-82-36-64)33-83-37-65/h2-17,34-37H,18-33H2,1H3,(H,67,68)(H,69,70)(H,71,72). The molecule has 0 aromatic heterocycles. The van der Waals surface area contributed by atoms with Gasteiger partial charge in [-0.05, 0) is 97.1 Å². The van der Waals surface area contributed by atoms with Crippen LogP contribution in [0.15, 0.2) is 97.1 Å². The van der Waals surface area contributed by atoms with Gasteiger partial charge in [-0.25, -0.2) is 28.8 Å². The van der Waals surface area contributed by atoms with Crippen molar-refractivity contribution in [3.63, 3.8) is 0 Å². The number of esters is 7. The molecule has 3 N–H and O–H groups in total. The van der Waals surface area contributed by atoms with Crippen molar-refractivity contribution >= 4 is 114 Å². The van der Waals surface area contributed by atoms with Crippen LogP contribution in [0.5, 0.6) is 0 Å². The van der Waals surface area contributed by atoms with E-state index >= 15 is 0 Å². The van der Waals surface area contributed by atoms with E-state index in [0.29, 0.717) is 17.1 Å². The Labute approximate surface area is 509 Å². The zero-order valence-electron chi connectivity index (χ0n) is 47.6. The van der Waals surface area contributed by atoms with Crippen LogP contribution < -0.4 is 19.6 Å². The van der Waals surface area contributed by atoms with Crippen molar-refractivity contribution < 1.29 is 139 Å². The van der Waals surface area contributed by atoms with Crippen LogP contribution >= 0.6 is 0 Å². The molecule has 1 atom stereocenters. The van der Waals surface area contributed by atoms with Gasteiger partial charge in [0.1, 0.15) is 51.5 Å². The molecule has 0 radical (unpaired) electrons. The van der Waals surface area contributed by atoms with Crippen LogP contribution in [-0.2, 0) is 105 Å². The molecule has 0 saturated carbocycles. The van der Waals surface area contributed by atoms with Gasteiger partial charge in [0, 0.05) is 41.8 Å². The fourth-order valence-electron chi connectivity index (χ4n) is 7.41. The lowest BCUT2D eigenvalue weighted by Gasteiger charge is -2.31. The topological polar surface area (TPSA) is 431 Å². The molecule has 1 unspecified atom stereocenters. The van der Waals surface area contributed by atoms with Crippen molar-refractivity contribution in [1.29, 1.82) is 0 Å². The molecule has 0 spiro atoms. The summed E-state index contributed by atoms with van der Waals surface area (Å²) in [6.45, 7) is -9.90. The Hall–Kier alpha value is -11.7. The summed E-state index contributed by atoms with van der Waals surface area (Å²) in [7, 11) is 1.49. The van der Waals surface area contributed by atoms with Gasteiger partial charge in [-0.15, -0.1) is 0 Å².